The van der Waals surface area contributed by atoms with Gasteiger partial charge in [-0.05, 0) is 54.8 Å². The van der Waals surface area contributed by atoms with Crippen molar-refractivity contribution in [3.63, 3.8) is 0 Å². The Morgan fingerprint density at radius 1 is 0.652 bits per heavy atom. The molecule has 2 atom stereocenters. The number of sulfone groups is 2. The number of aliphatic hydroxyl groups is 1. The second-order valence-corrected chi connectivity index (χ2v) is 21.9. The van der Waals surface area contributed by atoms with Crippen LogP contribution >= 0.6 is 15.9 Å². The molecule has 370 valence electrons. The normalized spacial score (nSPS) is 17.1. The summed E-state index contributed by atoms with van der Waals surface area (Å²) in [6.07, 6.45) is -3.20. The Labute approximate surface area is 399 Å². The van der Waals surface area contributed by atoms with Gasteiger partial charge in [-0.2, -0.15) is 0 Å². The highest BCUT2D eigenvalue weighted by molar-refractivity contribution is 9.10. The third kappa shape index (κ3) is 11.8. The number of hydrogen-bond acceptors (Lipinski definition) is 14. The molecule has 2 aliphatic heterocycles. The Balaban J connectivity index is 0.000000196. The van der Waals surface area contributed by atoms with E-state index >= 15 is 0 Å². The minimum absolute atomic E-state index is 0.00530. The van der Waals surface area contributed by atoms with Crippen molar-refractivity contribution in [3.8, 4) is 0 Å². The smallest absolute Gasteiger partial charge is 0.266 e. The maximum absolute atomic E-state index is 14.6. The van der Waals surface area contributed by atoms with Crippen LogP contribution in [0.3, 0.4) is 0 Å². The van der Waals surface area contributed by atoms with Gasteiger partial charge >= 0.3 is 0 Å². The molecule has 0 amide bonds. The number of hydrogen-bond donors (Lipinski definition) is 3. The third-order valence-electron chi connectivity index (χ3n) is 11.7. The molecule has 2 saturated heterocycles. The zero-order chi connectivity index (χ0) is 50.7. The molecule has 0 saturated carbocycles. The van der Waals surface area contributed by atoms with E-state index in [2.05, 4.69) is 46.5 Å². The van der Waals surface area contributed by atoms with Gasteiger partial charge in [0.15, 0.2) is 19.7 Å². The van der Waals surface area contributed by atoms with Gasteiger partial charge in [0.1, 0.15) is 53.0 Å². The van der Waals surface area contributed by atoms with Crippen molar-refractivity contribution in [3.05, 3.63) is 126 Å². The maximum atomic E-state index is 14.6. The predicted molar refractivity (Wildman–Crippen MR) is 249 cm³/mol. The van der Waals surface area contributed by atoms with Crippen LogP contribution in [-0.4, -0.2) is 79.8 Å². The molecular formula is C44H45BrF6N8O8S2. The standard InChI is InChI=1S/C22H23F3N4O4S.C17H14BrF3N4O.C5H8O3S/c1-12(13-4-3-5-14(17(13)23)18(24)25)28-19-15-10-16(21(30)29(2)20(15)27-11-26-19)22(31)6-8-34(32,33)9-7-22;1-8(9-4-3-5-10(13(9)19)14(20)21)24-15-11-6-12(18)17(26)25(2)16(11)23-7-22-15;6-5-1-3-9(7,8)4-2-5/h3-5,10-12,18,31H,6-9H2,1-2H3,(H,26,27,28);3-8,14H,1-2H3,(H,22,23,24);1-4H2/t12-;8-;/m11./s1. The summed E-state index contributed by atoms with van der Waals surface area (Å²) in [6.45, 7) is 3.21. The number of nitrogens with one attached hydrogen (secondary N) is 2. The molecule has 69 heavy (non-hydrogen) atoms. The number of benzene rings is 2. The van der Waals surface area contributed by atoms with Crippen molar-refractivity contribution >= 4 is 75.1 Å². The zero-order valence-electron chi connectivity index (χ0n) is 37.2. The number of anilines is 2. The monoisotopic (exact) mass is 1070 g/mol. The first-order chi connectivity index (χ1) is 32.3. The number of carbonyl (C=O) groups is 1. The van der Waals surface area contributed by atoms with Crippen molar-refractivity contribution in [1.29, 1.82) is 0 Å². The number of aryl methyl sites for hydroxylation is 2. The summed E-state index contributed by atoms with van der Waals surface area (Å²) in [5.74, 6) is -1.72. The van der Waals surface area contributed by atoms with Gasteiger partial charge < -0.3 is 15.7 Å². The molecule has 6 aromatic rings. The molecule has 6 heterocycles. The second-order valence-electron chi connectivity index (χ2n) is 16.4. The summed E-state index contributed by atoms with van der Waals surface area (Å²) in [7, 11) is -3.09. The molecular weight excluding hydrogens is 1030 g/mol. The Morgan fingerprint density at radius 2 is 1.06 bits per heavy atom. The van der Waals surface area contributed by atoms with E-state index in [1.807, 2.05) is 0 Å². The number of halogens is 7. The van der Waals surface area contributed by atoms with Crippen LogP contribution in [0.15, 0.2) is 75.2 Å². The first-order valence-electron chi connectivity index (χ1n) is 21.0. The number of pyridine rings is 2. The number of fused-ring (bicyclic) bond motifs is 2. The van der Waals surface area contributed by atoms with Crippen LogP contribution < -0.4 is 21.8 Å². The number of Topliss-reactive ketones (excluding diaryl/α,β-unsaturated/α-hetero) is 1. The lowest BCUT2D eigenvalue weighted by Gasteiger charge is -2.32. The minimum Gasteiger partial charge on any atom is -0.385 e. The number of carbonyl (C=O) groups excluding carboxylic acids is 1. The molecule has 16 nitrogen and oxygen atoms in total. The number of ketones is 1. The predicted octanol–water partition coefficient (Wildman–Crippen LogP) is 7.08. The summed E-state index contributed by atoms with van der Waals surface area (Å²) < 4.78 is 129. The average Bonchev–Trinajstić information content (AvgIpc) is 3.29. The van der Waals surface area contributed by atoms with Gasteiger partial charge in [-0.25, -0.2) is 63.1 Å². The highest BCUT2D eigenvalue weighted by Gasteiger charge is 2.39. The van der Waals surface area contributed by atoms with Crippen LogP contribution in [0.5, 0.6) is 0 Å². The van der Waals surface area contributed by atoms with Crippen molar-refractivity contribution in [2.24, 2.45) is 14.1 Å². The number of alkyl halides is 4. The minimum atomic E-state index is -3.29. The molecule has 25 heteroatoms. The van der Waals surface area contributed by atoms with Crippen LogP contribution in [0, 0.1) is 11.6 Å². The van der Waals surface area contributed by atoms with Gasteiger partial charge in [0.25, 0.3) is 24.0 Å². The molecule has 2 aliphatic rings. The van der Waals surface area contributed by atoms with Gasteiger partial charge in [-0.3, -0.25) is 23.5 Å². The number of aromatic nitrogens is 6. The molecule has 3 N–H and O–H groups in total. The molecule has 0 bridgehead atoms. The van der Waals surface area contributed by atoms with E-state index in [1.54, 1.807) is 27.0 Å². The molecule has 2 aromatic carbocycles. The van der Waals surface area contributed by atoms with Gasteiger partial charge in [-0.15, -0.1) is 0 Å². The van der Waals surface area contributed by atoms with Gasteiger partial charge in [0, 0.05) is 43.6 Å². The summed E-state index contributed by atoms with van der Waals surface area (Å²) >= 11 is 3.19. The van der Waals surface area contributed by atoms with Gasteiger partial charge in [0.05, 0.1) is 67.1 Å². The summed E-state index contributed by atoms with van der Waals surface area (Å²) in [6, 6.07) is 9.19. The quantitative estimate of drug-likeness (QED) is 0.123. The van der Waals surface area contributed by atoms with Crippen molar-refractivity contribution < 1.29 is 53.1 Å². The molecule has 0 spiro atoms. The van der Waals surface area contributed by atoms with E-state index in [1.165, 1.54) is 59.2 Å². The Hall–Kier alpha value is -5.79. The first kappa shape index (κ1) is 52.6. The van der Waals surface area contributed by atoms with Crippen molar-refractivity contribution in [2.45, 2.75) is 70.1 Å². The van der Waals surface area contributed by atoms with Crippen LogP contribution in [0.4, 0.5) is 38.0 Å². The van der Waals surface area contributed by atoms with Gasteiger partial charge in [0.2, 0.25) is 0 Å². The van der Waals surface area contributed by atoms with E-state index in [0.29, 0.717) is 26.7 Å². The first-order valence-corrected chi connectivity index (χ1v) is 25.4. The van der Waals surface area contributed by atoms with Crippen molar-refractivity contribution in [1.82, 2.24) is 29.1 Å². The SMILES string of the molecule is C[C@@H](Nc1ncnc2c1cc(Br)c(=O)n2C)c1cccc(C(F)F)c1F.C[C@@H](Nc1ncnc2c1cc(C1(O)CCS(=O)(=O)CC1)c(=O)n2C)c1cccc(C(F)F)c1F.O=C1CCS(=O)(=O)CC1. The van der Waals surface area contributed by atoms with Crippen LogP contribution in [0.1, 0.15) is 92.3 Å². The van der Waals surface area contributed by atoms with E-state index in [-0.39, 0.29) is 88.2 Å². The third-order valence-corrected chi connectivity index (χ3v) is 15.6. The summed E-state index contributed by atoms with van der Waals surface area (Å²) in [5, 5.41) is 18.0. The zero-order valence-corrected chi connectivity index (χ0v) is 40.4. The fraction of sp³-hybridized carbons (Fsp3) is 0.386. The van der Waals surface area contributed by atoms with E-state index in [4.69, 9.17) is 0 Å². The lowest BCUT2D eigenvalue weighted by molar-refractivity contribution is -0.118. The van der Waals surface area contributed by atoms with E-state index < -0.39 is 78.5 Å². The average molecular weight is 1070 g/mol. The topological polar surface area (TPSA) is 225 Å². The van der Waals surface area contributed by atoms with E-state index in [9.17, 15) is 62.7 Å². The van der Waals surface area contributed by atoms with Crippen LogP contribution in [0.2, 0.25) is 0 Å². The lowest BCUT2D eigenvalue weighted by atomic mass is 9.88. The highest BCUT2D eigenvalue weighted by atomic mass is 79.9. The largest absolute Gasteiger partial charge is 0.385 e. The molecule has 0 aliphatic carbocycles. The molecule has 4 aromatic heterocycles. The summed E-state index contributed by atoms with van der Waals surface area (Å²) in [5.41, 5.74) is -3.06. The molecule has 0 unspecified atom stereocenters. The second kappa shape index (κ2) is 21.1. The Morgan fingerprint density at radius 3 is 1.49 bits per heavy atom. The van der Waals surface area contributed by atoms with Crippen LogP contribution in [-0.2, 0) is 44.2 Å². The number of nitrogens with zero attached hydrogens (tertiary/aromatic N) is 6. The fourth-order valence-electron chi connectivity index (χ4n) is 7.68. The highest BCUT2D eigenvalue weighted by Crippen LogP contribution is 2.36. The van der Waals surface area contributed by atoms with Gasteiger partial charge in [-0.1, -0.05) is 36.4 Å². The summed E-state index contributed by atoms with van der Waals surface area (Å²) in [4.78, 5) is 52.0. The van der Waals surface area contributed by atoms with Crippen molar-refractivity contribution in [2.75, 3.05) is 33.6 Å². The molecule has 8 rings (SSSR count). The number of rotatable bonds is 9. The lowest BCUT2D eigenvalue weighted by Crippen LogP contribution is -2.42. The van der Waals surface area contributed by atoms with Crippen LogP contribution in [0.25, 0.3) is 22.1 Å². The molecule has 0 radical (unpaired) electrons. The maximum Gasteiger partial charge on any atom is 0.266 e. The molecule has 2 fully saturated rings. The fourth-order valence-corrected chi connectivity index (χ4v) is 11.0. The van der Waals surface area contributed by atoms with E-state index in [0.717, 1.165) is 12.1 Å². The Bertz CT molecular complexity index is 3260. The Kier molecular flexibility index (Phi) is 16.0.